The fourth-order valence-electron chi connectivity index (χ4n) is 6.57. The summed E-state index contributed by atoms with van der Waals surface area (Å²) in [7, 11) is 0. The summed E-state index contributed by atoms with van der Waals surface area (Å²) in [6, 6.07) is 12.7. The first-order valence-electron chi connectivity index (χ1n) is 12.4. The zero-order chi connectivity index (χ0) is 23.3. The lowest BCUT2D eigenvalue weighted by Crippen LogP contribution is -2.62. The molecular weight excluding hydrogens is 412 g/mol. The van der Waals surface area contributed by atoms with Crippen LogP contribution in [0, 0.1) is 18.3 Å². The van der Waals surface area contributed by atoms with Gasteiger partial charge in [0.05, 0.1) is 12.6 Å². The number of carbonyl (C=O) groups is 1. The van der Waals surface area contributed by atoms with Gasteiger partial charge >= 0.3 is 0 Å². The standard InChI is InChI=1S/C28H36N2O3/c1-5-33-25-9-7-20(14-18(25)2)21-6-8-23-22(15-21)16-28(3,4)26(23)30(27(31)32)24-17-29-12-10-19(24)11-13-29/h6-9,14-15,19,24,26H,5,10-13,16-17H2,1-4H3,(H,31,32)/p-1/t24-,26+/m1/s1. The number of carboxylic acid groups (broad SMARTS) is 1. The molecule has 4 aliphatic rings. The fraction of sp³-hybridized carbons (Fsp3) is 0.536. The van der Waals surface area contributed by atoms with Crippen molar-refractivity contribution in [2.45, 2.75) is 59.0 Å². The van der Waals surface area contributed by atoms with Gasteiger partial charge in [-0.15, -0.1) is 0 Å². The third-order valence-corrected chi connectivity index (χ3v) is 8.10. The van der Waals surface area contributed by atoms with E-state index in [-0.39, 0.29) is 17.5 Å². The van der Waals surface area contributed by atoms with Crippen LogP contribution in [0.3, 0.4) is 0 Å². The number of hydrogen-bond acceptors (Lipinski definition) is 4. The third kappa shape index (κ3) is 3.90. The quantitative estimate of drug-likeness (QED) is 0.681. The minimum Gasteiger partial charge on any atom is -0.530 e. The van der Waals surface area contributed by atoms with Crippen LogP contribution in [0.2, 0.25) is 0 Å². The second-order valence-electron chi connectivity index (χ2n) is 10.8. The number of piperidine rings is 3. The van der Waals surface area contributed by atoms with Crippen LogP contribution in [0.15, 0.2) is 36.4 Å². The van der Waals surface area contributed by atoms with Gasteiger partial charge in [-0.25, -0.2) is 0 Å². The van der Waals surface area contributed by atoms with E-state index in [0.29, 0.717) is 12.5 Å². The Morgan fingerprint density at radius 2 is 1.85 bits per heavy atom. The van der Waals surface area contributed by atoms with Gasteiger partial charge in [-0.1, -0.05) is 38.1 Å². The Bertz CT molecular complexity index is 1060. The van der Waals surface area contributed by atoms with Gasteiger partial charge in [0.15, 0.2) is 0 Å². The number of amides is 1. The molecule has 3 aliphatic heterocycles. The fourth-order valence-corrected chi connectivity index (χ4v) is 6.57. The van der Waals surface area contributed by atoms with Crippen LogP contribution in [-0.2, 0) is 6.42 Å². The molecule has 1 amide bonds. The first-order chi connectivity index (χ1) is 15.8. The van der Waals surface area contributed by atoms with Crippen LogP contribution in [-0.4, -0.2) is 48.2 Å². The summed E-state index contributed by atoms with van der Waals surface area (Å²) in [5, 5.41) is 12.6. The van der Waals surface area contributed by atoms with Crippen molar-refractivity contribution in [2.75, 3.05) is 26.2 Å². The van der Waals surface area contributed by atoms with Crippen LogP contribution in [0.1, 0.15) is 56.3 Å². The van der Waals surface area contributed by atoms with Crippen molar-refractivity contribution >= 4 is 6.09 Å². The van der Waals surface area contributed by atoms with Crippen molar-refractivity contribution < 1.29 is 14.6 Å². The van der Waals surface area contributed by atoms with Crippen LogP contribution in [0.25, 0.3) is 11.1 Å². The van der Waals surface area contributed by atoms with Gasteiger partial charge in [-0.05, 0) is 97.5 Å². The van der Waals surface area contributed by atoms with E-state index < -0.39 is 6.09 Å². The molecule has 2 aromatic carbocycles. The molecule has 2 aromatic rings. The first kappa shape index (κ1) is 22.3. The lowest BCUT2D eigenvalue weighted by Gasteiger charge is -2.53. The SMILES string of the molecule is CCOc1ccc(-c2ccc3c(c2)CC(C)(C)[C@H]3N(C(=O)[O-])[C@@H]2CN3CCC2CC3)cc1C. The molecule has 3 fully saturated rings. The number of nitrogens with zero attached hydrogens (tertiary/aromatic N) is 2. The van der Waals surface area contributed by atoms with Gasteiger partial charge in [0.2, 0.25) is 0 Å². The van der Waals surface area contributed by atoms with Crippen molar-refractivity contribution in [3.05, 3.63) is 53.1 Å². The topological polar surface area (TPSA) is 55.8 Å². The normalized spacial score (nSPS) is 27.3. The van der Waals surface area contributed by atoms with Gasteiger partial charge in [-0.2, -0.15) is 0 Å². The monoisotopic (exact) mass is 447 g/mol. The number of hydrogen-bond donors (Lipinski definition) is 0. The molecule has 2 atom stereocenters. The maximum absolute atomic E-state index is 12.6. The van der Waals surface area contributed by atoms with E-state index in [9.17, 15) is 9.90 Å². The highest BCUT2D eigenvalue weighted by molar-refractivity contribution is 5.69. The van der Waals surface area contributed by atoms with Crippen molar-refractivity contribution in [1.82, 2.24) is 9.80 Å². The zero-order valence-corrected chi connectivity index (χ0v) is 20.3. The number of fused-ring (bicyclic) bond motifs is 4. The molecule has 2 bridgehead atoms. The molecule has 176 valence electrons. The lowest BCUT2D eigenvalue weighted by molar-refractivity contribution is -0.276. The molecular formula is C28H35N2O3-. The van der Waals surface area contributed by atoms with E-state index in [1.54, 1.807) is 4.90 Å². The molecule has 5 nitrogen and oxygen atoms in total. The Kier molecular flexibility index (Phi) is 5.64. The molecule has 1 aliphatic carbocycles. The Balaban J connectivity index is 1.49. The van der Waals surface area contributed by atoms with Gasteiger partial charge in [0.1, 0.15) is 11.8 Å². The average Bonchev–Trinajstić information content (AvgIpc) is 3.05. The molecule has 0 unspecified atom stereocenters. The van der Waals surface area contributed by atoms with Crippen molar-refractivity contribution in [2.24, 2.45) is 11.3 Å². The molecule has 6 rings (SSSR count). The van der Waals surface area contributed by atoms with Crippen molar-refractivity contribution in [1.29, 1.82) is 0 Å². The molecule has 0 spiro atoms. The van der Waals surface area contributed by atoms with E-state index in [1.165, 1.54) is 11.1 Å². The number of carbonyl (C=O) groups excluding carboxylic acids is 1. The lowest BCUT2D eigenvalue weighted by atomic mass is 9.79. The molecule has 0 aromatic heterocycles. The summed E-state index contributed by atoms with van der Waals surface area (Å²) < 4.78 is 5.70. The number of aryl methyl sites for hydroxylation is 1. The van der Waals surface area contributed by atoms with Crippen molar-refractivity contribution in [3.63, 3.8) is 0 Å². The Labute approximate surface area is 197 Å². The maximum atomic E-state index is 12.6. The Morgan fingerprint density at radius 1 is 1.15 bits per heavy atom. The highest BCUT2D eigenvalue weighted by Gasteiger charge is 2.48. The summed E-state index contributed by atoms with van der Waals surface area (Å²) in [6.45, 7) is 12.2. The molecule has 0 N–H and O–H groups in total. The van der Waals surface area contributed by atoms with E-state index >= 15 is 0 Å². The van der Waals surface area contributed by atoms with Crippen LogP contribution in [0.5, 0.6) is 5.75 Å². The minimum absolute atomic E-state index is 0.0289. The predicted octanol–water partition coefficient (Wildman–Crippen LogP) is 4.42. The molecule has 33 heavy (non-hydrogen) atoms. The van der Waals surface area contributed by atoms with E-state index in [2.05, 4.69) is 56.0 Å². The highest BCUT2D eigenvalue weighted by atomic mass is 16.5. The van der Waals surface area contributed by atoms with E-state index in [0.717, 1.165) is 61.3 Å². The number of rotatable bonds is 5. The smallest absolute Gasteiger partial charge is 0.137 e. The molecule has 3 saturated heterocycles. The second-order valence-corrected chi connectivity index (χ2v) is 10.8. The first-order valence-corrected chi connectivity index (χ1v) is 12.4. The highest BCUT2D eigenvalue weighted by Crippen LogP contribution is 2.51. The van der Waals surface area contributed by atoms with Crippen LogP contribution >= 0.6 is 0 Å². The predicted molar refractivity (Wildman–Crippen MR) is 128 cm³/mol. The van der Waals surface area contributed by atoms with Crippen LogP contribution < -0.4 is 9.84 Å². The van der Waals surface area contributed by atoms with Crippen molar-refractivity contribution in [3.8, 4) is 16.9 Å². The number of ether oxygens (including phenoxy) is 1. The summed E-state index contributed by atoms with van der Waals surface area (Å²) >= 11 is 0. The Morgan fingerprint density at radius 3 is 2.45 bits per heavy atom. The zero-order valence-electron chi connectivity index (χ0n) is 20.3. The summed E-state index contributed by atoms with van der Waals surface area (Å²) in [4.78, 5) is 16.7. The molecule has 5 heteroatoms. The largest absolute Gasteiger partial charge is 0.530 e. The summed E-state index contributed by atoms with van der Waals surface area (Å²) in [5.41, 5.74) is 5.67. The molecule has 0 saturated carbocycles. The number of benzene rings is 2. The summed E-state index contributed by atoms with van der Waals surface area (Å²) in [6.07, 6.45) is 2.02. The van der Waals surface area contributed by atoms with Gasteiger partial charge in [0, 0.05) is 12.6 Å². The summed E-state index contributed by atoms with van der Waals surface area (Å²) in [5.74, 6) is 1.37. The van der Waals surface area contributed by atoms with E-state index in [4.69, 9.17) is 4.74 Å². The average molecular weight is 448 g/mol. The van der Waals surface area contributed by atoms with Gasteiger partial charge in [0.25, 0.3) is 0 Å². The van der Waals surface area contributed by atoms with E-state index in [1.807, 2.05) is 13.0 Å². The maximum Gasteiger partial charge on any atom is 0.137 e. The molecule has 0 radical (unpaired) electrons. The third-order valence-electron chi connectivity index (χ3n) is 8.10. The van der Waals surface area contributed by atoms with Crippen LogP contribution in [0.4, 0.5) is 4.79 Å². The Hall–Kier alpha value is -2.53. The molecule has 3 heterocycles. The van der Waals surface area contributed by atoms with Gasteiger partial charge in [-0.3, -0.25) is 0 Å². The minimum atomic E-state index is -1.02. The second kappa shape index (κ2) is 8.35. The van der Waals surface area contributed by atoms with Gasteiger partial charge < -0.3 is 24.4 Å².